The predicted molar refractivity (Wildman–Crippen MR) is 132 cm³/mol. The summed E-state index contributed by atoms with van der Waals surface area (Å²) in [6, 6.07) is 6.91. The molecule has 2 aliphatic rings. The molecular formula is C26H31N5O4. The lowest BCUT2D eigenvalue weighted by Crippen LogP contribution is -2.47. The van der Waals surface area contributed by atoms with Crippen molar-refractivity contribution in [3.05, 3.63) is 47.2 Å². The van der Waals surface area contributed by atoms with Crippen LogP contribution in [-0.4, -0.2) is 39.9 Å². The van der Waals surface area contributed by atoms with Crippen LogP contribution in [0.1, 0.15) is 55.8 Å². The van der Waals surface area contributed by atoms with Crippen LogP contribution >= 0.6 is 0 Å². The lowest BCUT2D eigenvalue weighted by atomic mass is 9.81. The number of nitrogens with one attached hydrogen (secondary N) is 2. The zero-order chi connectivity index (χ0) is 25.3. The predicted octanol–water partition coefficient (Wildman–Crippen LogP) is 3.00. The number of carbonyl (C=O) groups is 4. The van der Waals surface area contributed by atoms with Gasteiger partial charge in [-0.15, -0.1) is 0 Å². The van der Waals surface area contributed by atoms with Gasteiger partial charge in [-0.25, -0.2) is 4.98 Å². The van der Waals surface area contributed by atoms with Crippen LogP contribution in [0.2, 0.25) is 0 Å². The number of amides is 3. The average molecular weight is 478 g/mol. The van der Waals surface area contributed by atoms with Crippen LogP contribution < -0.4 is 16.4 Å². The Hall–Kier alpha value is -3.75. The van der Waals surface area contributed by atoms with E-state index < -0.39 is 17.9 Å². The number of nitrogen functional groups attached to an aromatic ring is 1. The van der Waals surface area contributed by atoms with Crippen molar-refractivity contribution in [2.75, 3.05) is 22.9 Å². The van der Waals surface area contributed by atoms with Gasteiger partial charge in [-0.3, -0.25) is 19.2 Å². The van der Waals surface area contributed by atoms with Crippen molar-refractivity contribution in [3.63, 3.8) is 0 Å². The third kappa shape index (κ3) is 5.18. The van der Waals surface area contributed by atoms with Gasteiger partial charge in [-0.05, 0) is 55.0 Å². The van der Waals surface area contributed by atoms with Crippen LogP contribution in [0.3, 0.4) is 0 Å². The fraction of sp³-hybridized carbons (Fsp3) is 0.423. The quantitative estimate of drug-likeness (QED) is 0.580. The molecule has 1 fully saturated rings. The monoisotopic (exact) mass is 477 g/mol. The van der Waals surface area contributed by atoms with Gasteiger partial charge in [0.15, 0.2) is 0 Å². The number of nitrogens with two attached hydrogens (primary N) is 1. The number of fused-ring (bicyclic) bond motifs is 1. The Balaban J connectivity index is 1.60. The number of piperidine rings is 1. The summed E-state index contributed by atoms with van der Waals surface area (Å²) in [7, 11) is 0. The van der Waals surface area contributed by atoms with E-state index in [0.29, 0.717) is 49.3 Å². The van der Waals surface area contributed by atoms with E-state index in [4.69, 9.17) is 5.73 Å². The van der Waals surface area contributed by atoms with Crippen LogP contribution in [0, 0.1) is 18.8 Å². The second-order valence-corrected chi connectivity index (χ2v) is 9.64. The molecule has 0 bridgehead atoms. The van der Waals surface area contributed by atoms with Crippen molar-refractivity contribution in [2.24, 2.45) is 11.8 Å². The van der Waals surface area contributed by atoms with Gasteiger partial charge in [0.05, 0.1) is 17.9 Å². The highest BCUT2D eigenvalue weighted by molar-refractivity contribution is 6.39. The van der Waals surface area contributed by atoms with Crippen molar-refractivity contribution in [1.29, 1.82) is 0 Å². The number of hydrogen-bond acceptors (Lipinski definition) is 6. The number of aromatic nitrogens is 1. The van der Waals surface area contributed by atoms with Gasteiger partial charge in [0, 0.05) is 30.5 Å². The van der Waals surface area contributed by atoms with Gasteiger partial charge in [-0.2, -0.15) is 0 Å². The fourth-order valence-corrected chi connectivity index (χ4v) is 4.83. The van der Waals surface area contributed by atoms with Gasteiger partial charge in [-0.1, -0.05) is 26.0 Å². The van der Waals surface area contributed by atoms with Crippen molar-refractivity contribution in [1.82, 2.24) is 9.88 Å². The third-order valence-corrected chi connectivity index (χ3v) is 6.82. The Kier molecular flexibility index (Phi) is 6.86. The van der Waals surface area contributed by atoms with E-state index in [9.17, 15) is 19.2 Å². The molecule has 9 heteroatoms. The van der Waals surface area contributed by atoms with Gasteiger partial charge in [0.25, 0.3) is 0 Å². The molecule has 0 spiro atoms. The van der Waals surface area contributed by atoms with Crippen molar-refractivity contribution in [2.45, 2.75) is 52.5 Å². The Bertz CT molecular complexity index is 1190. The largest absolute Gasteiger partial charge is 0.383 e. The van der Waals surface area contributed by atoms with Gasteiger partial charge >= 0.3 is 11.8 Å². The molecule has 2 aromatic rings. The topological polar surface area (TPSA) is 134 Å². The van der Waals surface area contributed by atoms with Crippen LogP contribution in [0.5, 0.6) is 0 Å². The molecule has 4 rings (SSSR count). The number of likely N-dealkylation sites (tertiary alicyclic amines) is 1. The highest BCUT2D eigenvalue weighted by Gasteiger charge is 2.38. The molecule has 0 aliphatic carbocycles. The van der Waals surface area contributed by atoms with E-state index in [0.717, 1.165) is 16.8 Å². The highest BCUT2D eigenvalue weighted by atomic mass is 16.2. The number of ketones is 1. The second-order valence-electron chi connectivity index (χ2n) is 9.64. The fourth-order valence-electron chi connectivity index (χ4n) is 4.83. The van der Waals surface area contributed by atoms with Gasteiger partial charge in [0.2, 0.25) is 5.91 Å². The first-order valence-electron chi connectivity index (χ1n) is 11.9. The molecule has 1 saturated heterocycles. The Morgan fingerprint density at radius 2 is 1.97 bits per heavy atom. The molecule has 0 unspecified atom stereocenters. The van der Waals surface area contributed by atoms with E-state index in [1.54, 1.807) is 17.9 Å². The van der Waals surface area contributed by atoms with Crippen molar-refractivity contribution >= 4 is 40.7 Å². The van der Waals surface area contributed by atoms with Crippen molar-refractivity contribution in [3.8, 4) is 0 Å². The number of Topliss-reactive ketones (excluding diaryl/α,β-unsaturated/α-hetero) is 1. The molecule has 0 saturated carbocycles. The first-order chi connectivity index (χ1) is 16.6. The molecule has 9 nitrogen and oxygen atoms in total. The number of carbonyl (C=O) groups excluding carboxylic acids is 4. The van der Waals surface area contributed by atoms with Crippen LogP contribution in [0.25, 0.3) is 0 Å². The highest BCUT2D eigenvalue weighted by Crippen LogP contribution is 2.38. The summed E-state index contributed by atoms with van der Waals surface area (Å²) in [4.78, 5) is 56.3. The van der Waals surface area contributed by atoms with Crippen LogP contribution in [0.4, 0.5) is 17.2 Å². The molecule has 3 amide bonds. The van der Waals surface area contributed by atoms with Gasteiger partial charge in [0.1, 0.15) is 11.6 Å². The smallest absolute Gasteiger partial charge is 0.313 e. The molecule has 1 aromatic carbocycles. The summed E-state index contributed by atoms with van der Waals surface area (Å²) in [5.74, 6) is -1.22. The molecule has 1 aromatic heterocycles. The zero-order valence-electron chi connectivity index (χ0n) is 20.3. The minimum Gasteiger partial charge on any atom is -0.383 e. The Morgan fingerprint density at radius 1 is 1.20 bits per heavy atom. The number of rotatable bonds is 4. The number of anilines is 3. The van der Waals surface area contributed by atoms with E-state index >= 15 is 0 Å². The average Bonchev–Trinajstić information content (AvgIpc) is 2.84. The lowest BCUT2D eigenvalue weighted by Gasteiger charge is -2.39. The molecule has 184 valence electrons. The first kappa shape index (κ1) is 24.4. The number of aryl methyl sites for hydroxylation is 2. The first-order valence-corrected chi connectivity index (χ1v) is 11.9. The minimum absolute atomic E-state index is 0.0219. The van der Waals surface area contributed by atoms with E-state index in [2.05, 4.69) is 15.6 Å². The summed E-state index contributed by atoms with van der Waals surface area (Å²) in [5, 5.41) is 5.49. The molecule has 2 atom stereocenters. The number of benzene rings is 1. The molecule has 2 aliphatic heterocycles. The second kappa shape index (κ2) is 9.85. The summed E-state index contributed by atoms with van der Waals surface area (Å²) in [5.41, 5.74) is 9.43. The molecule has 0 radical (unpaired) electrons. The van der Waals surface area contributed by atoms with E-state index in [1.165, 1.54) is 6.20 Å². The zero-order valence-corrected chi connectivity index (χ0v) is 20.3. The minimum atomic E-state index is -0.764. The maximum atomic E-state index is 13.3. The molecule has 35 heavy (non-hydrogen) atoms. The maximum Gasteiger partial charge on any atom is 0.313 e. The molecule has 3 heterocycles. The number of hydrogen-bond donors (Lipinski definition) is 3. The SMILES string of the molecule is Cc1cc(NC(=O)C(=O)N2CC[C@@H](C(=O)C(C)C)C[C@H]2c2ccc3c(c2)CCC(=O)N3)cnc1N. The Labute approximate surface area is 204 Å². The summed E-state index contributed by atoms with van der Waals surface area (Å²) >= 11 is 0. The lowest BCUT2D eigenvalue weighted by molar-refractivity contribution is -0.147. The number of pyridine rings is 1. The van der Waals surface area contributed by atoms with Crippen molar-refractivity contribution < 1.29 is 19.2 Å². The summed E-state index contributed by atoms with van der Waals surface area (Å²) in [6.45, 7) is 5.83. The van der Waals surface area contributed by atoms with E-state index in [1.807, 2.05) is 32.0 Å². The van der Waals surface area contributed by atoms with Crippen LogP contribution in [-0.2, 0) is 25.6 Å². The van der Waals surface area contributed by atoms with E-state index in [-0.39, 0.29) is 23.5 Å². The third-order valence-electron chi connectivity index (χ3n) is 6.82. The summed E-state index contributed by atoms with van der Waals surface area (Å²) < 4.78 is 0. The summed E-state index contributed by atoms with van der Waals surface area (Å²) in [6.07, 6.45) is 3.37. The normalized spacial score (nSPS) is 19.7. The van der Waals surface area contributed by atoms with Crippen LogP contribution in [0.15, 0.2) is 30.5 Å². The molecular weight excluding hydrogens is 446 g/mol. The maximum absolute atomic E-state index is 13.3. The van der Waals surface area contributed by atoms with Gasteiger partial charge < -0.3 is 21.3 Å². The molecule has 4 N–H and O–H groups in total. The number of nitrogens with zero attached hydrogens (tertiary/aromatic N) is 2. The Morgan fingerprint density at radius 3 is 2.69 bits per heavy atom. The standard InChI is InChI=1S/C26H31N5O4/c1-14(2)23(33)18-8-9-31(26(35)25(34)29-19-10-15(3)24(27)28-13-19)21(12-18)17-4-6-20-16(11-17)5-7-22(32)30-20/h4,6,10-11,13-14,18,21H,5,7-9,12H2,1-3H3,(H2,27,28)(H,29,34)(H,30,32)/t18-,21+/m1/s1.